The molecule has 1 N–H and O–H groups in total. The molecule has 0 fully saturated rings. The first-order chi connectivity index (χ1) is 4.92. The third-order valence-electron chi connectivity index (χ3n) is 0.905. The summed E-state index contributed by atoms with van der Waals surface area (Å²) in [6.45, 7) is 8.29. The van der Waals surface area contributed by atoms with Crippen molar-refractivity contribution in [2.24, 2.45) is 0 Å². The minimum Gasteiger partial charge on any atom is -0.389 e. The van der Waals surface area contributed by atoms with Crippen molar-refractivity contribution >= 4 is 8.07 Å². The maximum absolute atomic E-state index is 8.84. The van der Waals surface area contributed by atoms with Crippen molar-refractivity contribution in [3.8, 4) is 11.5 Å². The number of rotatable bonds is 1. The van der Waals surface area contributed by atoms with Crippen LogP contribution in [0.5, 0.6) is 0 Å². The van der Waals surface area contributed by atoms with Crippen molar-refractivity contribution in [1.82, 2.24) is 0 Å². The van der Waals surface area contributed by atoms with Gasteiger partial charge in [0.05, 0.1) is 6.10 Å². The van der Waals surface area contributed by atoms with Gasteiger partial charge in [-0.25, -0.2) is 0 Å². The van der Waals surface area contributed by atoms with E-state index in [1.54, 1.807) is 19.1 Å². The number of hydrogen-bond acceptors (Lipinski definition) is 1. The smallest absolute Gasteiger partial charge is 0.129 e. The summed E-state index contributed by atoms with van der Waals surface area (Å²) in [7, 11) is -1.22. The molecule has 0 bridgehead atoms. The lowest BCUT2D eigenvalue weighted by atomic mass is 10.4. The number of aliphatic hydroxyl groups is 1. The Labute approximate surface area is 70.1 Å². The summed E-state index contributed by atoms with van der Waals surface area (Å²) >= 11 is 0. The molecule has 0 heterocycles. The fourth-order valence-electron chi connectivity index (χ4n) is 0.446. The van der Waals surface area contributed by atoms with Gasteiger partial charge in [0.25, 0.3) is 0 Å². The zero-order valence-corrected chi connectivity index (χ0v) is 8.68. The lowest BCUT2D eigenvalue weighted by molar-refractivity contribution is 0.244. The molecule has 0 saturated heterocycles. The third-order valence-corrected chi connectivity index (χ3v) is 1.80. The van der Waals surface area contributed by atoms with Gasteiger partial charge >= 0.3 is 0 Å². The highest BCUT2D eigenvalue weighted by molar-refractivity contribution is 6.83. The van der Waals surface area contributed by atoms with E-state index in [1.165, 1.54) is 0 Å². The lowest BCUT2D eigenvalue weighted by Gasteiger charge is -2.02. The van der Waals surface area contributed by atoms with Crippen molar-refractivity contribution in [1.29, 1.82) is 0 Å². The molecule has 0 rings (SSSR count). The van der Waals surface area contributed by atoms with E-state index in [0.717, 1.165) is 0 Å². The van der Waals surface area contributed by atoms with E-state index in [1.807, 2.05) is 0 Å². The molecule has 2 heteroatoms. The summed E-state index contributed by atoms with van der Waals surface area (Å²) in [5.74, 6) is 2.93. The van der Waals surface area contributed by atoms with E-state index in [2.05, 4.69) is 31.1 Å². The van der Waals surface area contributed by atoms with Gasteiger partial charge in [-0.1, -0.05) is 25.6 Å². The average Bonchev–Trinajstić information content (AvgIpc) is 1.78. The molecule has 1 atom stereocenters. The minimum absolute atomic E-state index is 0.383. The SMILES string of the molecule is CC(O)/C=C/C#C[Si](C)(C)C. The minimum atomic E-state index is -1.22. The Balaban J connectivity index is 3.92. The summed E-state index contributed by atoms with van der Waals surface area (Å²) in [6.07, 6.45) is 3.03. The molecule has 1 unspecified atom stereocenters. The van der Waals surface area contributed by atoms with E-state index in [9.17, 15) is 0 Å². The Bertz CT molecular complexity index is 188. The molecular formula is C9H16OSi. The van der Waals surface area contributed by atoms with Gasteiger partial charge in [-0.15, -0.1) is 5.54 Å². The molecule has 0 aromatic heterocycles. The predicted molar refractivity (Wildman–Crippen MR) is 51.9 cm³/mol. The zero-order chi connectivity index (χ0) is 8.91. The van der Waals surface area contributed by atoms with Crippen molar-refractivity contribution < 1.29 is 5.11 Å². The second-order valence-electron chi connectivity index (χ2n) is 3.62. The van der Waals surface area contributed by atoms with Gasteiger partial charge in [-0.05, 0) is 19.1 Å². The predicted octanol–water partition coefficient (Wildman–Crippen LogP) is 1.80. The molecule has 0 saturated carbocycles. The van der Waals surface area contributed by atoms with E-state index < -0.39 is 8.07 Å². The van der Waals surface area contributed by atoms with E-state index in [0.29, 0.717) is 0 Å². The largest absolute Gasteiger partial charge is 0.389 e. The fourth-order valence-corrected chi connectivity index (χ4v) is 0.962. The third kappa shape index (κ3) is 9.48. The highest BCUT2D eigenvalue weighted by atomic mass is 28.3. The Morgan fingerprint density at radius 2 is 1.91 bits per heavy atom. The van der Waals surface area contributed by atoms with Crippen LogP contribution < -0.4 is 0 Å². The van der Waals surface area contributed by atoms with Crippen molar-refractivity contribution in [2.45, 2.75) is 32.7 Å². The highest BCUT2D eigenvalue weighted by Gasteiger charge is 2.06. The van der Waals surface area contributed by atoms with E-state index in [-0.39, 0.29) is 6.10 Å². The Kier molecular flexibility index (Phi) is 4.17. The summed E-state index contributed by atoms with van der Waals surface area (Å²) in [5, 5.41) is 8.84. The van der Waals surface area contributed by atoms with Crippen LogP contribution in [-0.4, -0.2) is 19.3 Å². The van der Waals surface area contributed by atoms with Crippen LogP contribution >= 0.6 is 0 Å². The van der Waals surface area contributed by atoms with E-state index >= 15 is 0 Å². The number of allylic oxidation sites excluding steroid dienone is 1. The van der Waals surface area contributed by atoms with Crippen LogP contribution in [-0.2, 0) is 0 Å². The van der Waals surface area contributed by atoms with Gasteiger partial charge in [-0.3, -0.25) is 0 Å². The molecule has 0 amide bonds. The Morgan fingerprint density at radius 1 is 1.36 bits per heavy atom. The fraction of sp³-hybridized carbons (Fsp3) is 0.556. The maximum Gasteiger partial charge on any atom is 0.129 e. The molecule has 1 nitrogen and oxygen atoms in total. The average molecular weight is 168 g/mol. The monoisotopic (exact) mass is 168 g/mol. The van der Waals surface area contributed by atoms with Crippen LogP contribution in [0, 0.1) is 11.5 Å². The second-order valence-corrected chi connectivity index (χ2v) is 8.37. The highest BCUT2D eigenvalue weighted by Crippen LogP contribution is 1.95. The van der Waals surface area contributed by atoms with Crippen LogP contribution in [0.3, 0.4) is 0 Å². The molecule has 0 aromatic rings. The molecule has 11 heavy (non-hydrogen) atoms. The van der Waals surface area contributed by atoms with E-state index in [4.69, 9.17) is 5.11 Å². The molecule has 0 aliphatic carbocycles. The van der Waals surface area contributed by atoms with Gasteiger partial charge in [-0.2, -0.15) is 0 Å². The van der Waals surface area contributed by atoms with Crippen molar-refractivity contribution in [3.63, 3.8) is 0 Å². The first-order valence-corrected chi connectivity index (χ1v) is 7.29. The zero-order valence-electron chi connectivity index (χ0n) is 7.68. The normalized spacial score (nSPS) is 14.3. The number of hydrogen-bond donors (Lipinski definition) is 1. The van der Waals surface area contributed by atoms with Crippen LogP contribution in [0.25, 0.3) is 0 Å². The summed E-state index contributed by atoms with van der Waals surface area (Å²) < 4.78 is 0. The summed E-state index contributed by atoms with van der Waals surface area (Å²) in [4.78, 5) is 0. The second kappa shape index (κ2) is 4.37. The van der Waals surface area contributed by atoms with Crippen LogP contribution in [0.2, 0.25) is 19.6 Å². The summed E-state index contributed by atoms with van der Waals surface area (Å²) in [5.41, 5.74) is 3.17. The molecule has 0 aliphatic heterocycles. The van der Waals surface area contributed by atoms with Crippen LogP contribution in [0.15, 0.2) is 12.2 Å². The molecule has 0 aromatic carbocycles. The first-order valence-electron chi connectivity index (χ1n) is 3.79. The quantitative estimate of drug-likeness (QED) is 0.467. The molecule has 0 aliphatic rings. The van der Waals surface area contributed by atoms with Crippen LogP contribution in [0.4, 0.5) is 0 Å². The van der Waals surface area contributed by atoms with Gasteiger partial charge in [0.1, 0.15) is 8.07 Å². The standard InChI is InChI=1S/C9H16OSi/c1-9(10)7-5-6-8-11(2,3)4/h5,7,9-10H,1-4H3/b7-5+. The Morgan fingerprint density at radius 3 is 2.27 bits per heavy atom. The van der Waals surface area contributed by atoms with Gasteiger partial charge < -0.3 is 5.11 Å². The first kappa shape index (κ1) is 10.5. The van der Waals surface area contributed by atoms with Crippen molar-refractivity contribution in [2.75, 3.05) is 0 Å². The maximum atomic E-state index is 8.84. The molecule has 0 radical (unpaired) electrons. The lowest BCUT2D eigenvalue weighted by Crippen LogP contribution is -2.16. The van der Waals surface area contributed by atoms with Gasteiger partial charge in [0, 0.05) is 0 Å². The molecule has 62 valence electrons. The van der Waals surface area contributed by atoms with Gasteiger partial charge in [0.2, 0.25) is 0 Å². The topological polar surface area (TPSA) is 20.2 Å². The van der Waals surface area contributed by atoms with Gasteiger partial charge in [0.15, 0.2) is 0 Å². The Hall–Kier alpha value is -0.523. The number of aliphatic hydroxyl groups excluding tert-OH is 1. The van der Waals surface area contributed by atoms with Crippen LogP contribution in [0.1, 0.15) is 6.92 Å². The summed E-state index contributed by atoms with van der Waals surface area (Å²) in [6, 6.07) is 0. The van der Waals surface area contributed by atoms with Crippen molar-refractivity contribution in [3.05, 3.63) is 12.2 Å². The molecular weight excluding hydrogens is 152 g/mol. The molecule has 0 spiro atoms.